The third kappa shape index (κ3) is 3.29. The second-order valence-corrected chi connectivity index (χ2v) is 4.91. The number of carbonyl (C=O) groups excluding carboxylic acids is 1. The Kier molecular flexibility index (Phi) is 4.11. The molecule has 5 nitrogen and oxygen atoms in total. The van der Waals surface area contributed by atoms with Gasteiger partial charge in [0.15, 0.2) is 0 Å². The number of anilines is 2. The molecule has 0 aliphatic rings. The largest absolute Gasteiger partial charge is 0.362 e. The second-order valence-electron chi connectivity index (χ2n) is 4.09. The van der Waals surface area contributed by atoms with Crippen LogP contribution < -0.4 is 10.2 Å². The molecule has 0 fully saturated rings. The van der Waals surface area contributed by atoms with Crippen LogP contribution in [0.15, 0.2) is 41.3 Å². The van der Waals surface area contributed by atoms with E-state index in [0.717, 1.165) is 4.60 Å². The van der Waals surface area contributed by atoms with Gasteiger partial charge in [-0.25, -0.2) is 9.97 Å². The molecule has 0 unspecified atom stereocenters. The van der Waals surface area contributed by atoms with Gasteiger partial charge in [-0.15, -0.1) is 0 Å². The summed E-state index contributed by atoms with van der Waals surface area (Å²) in [6.07, 6.45) is 3.25. The normalized spacial score (nSPS) is 10.1. The zero-order chi connectivity index (χ0) is 13.8. The van der Waals surface area contributed by atoms with Gasteiger partial charge in [-0.05, 0) is 40.2 Å². The summed E-state index contributed by atoms with van der Waals surface area (Å²) < 4.78 is 0.723. The van der Waals surface area contributed by atoms with E-state index in [2.05, 4.69) is 31.2 Å². The summed E-state index contributed by atoms with van der Waals surface area (Å²) in [5.74, 6) is 0.422. The maximum atomic E-state index is 12.2. The molecular weight excluding hydrogens is 308 g/mol. The molecule has 98 valence electrons. The lowest BCUT2D eigenvalue weighted by Crippen LogP contribution is -2.19. The Morgan fingerprint density at radius 2 is 2.05 bits per heavy atom. The van der Waals surface area contributed by atoms with Crippen LogP contribution in [0.1, 0.15) is 10.4 Å². The molecule has 0 atom stereocenters. The molecule has 2 rings (SSSR count). The molecule has 1 amide bonds. The van der Waals surface area contributed by atoms with Crippen molar-refractivity contribution in [2.24, 2.45) is 0 Å². The summed E-state index contributed by atoms with van der Waals surface area (Å²) in [5.41, 5.74) is 1.16. The predicted molar refractivity (Wildman–Crippen MR) is 78.5 cm³/mol. The van der Waals surface area contributed by atoms with E-state index in [4.69, 9.17) is 0 Å². The third-order valence-electron chi connectivity index (χ3n) is 2.44. The van der Waals surface area contributed by atoms with Crippen LogP contribution in [-0.2, 0) is 0 Å². The van der Waals surface area contributed by atoms with E-state index in [1.54, 1.807) is 41.6 Å². The Morgan fingerprint density at radius 1 is 1.26 bits per heavy atom. The number of nitrogens with zero attached hydrogens (tertiary/aromatic N) is 3. The summed E-state index contributed by atoms with van der Waals surface area (Å²) in [6, 6.07) is 7.03. The average Bonchev–Trinajstić information content (AvgIpc) is 2.41. The minimum Gasteiger partial charge on any atom is -0.362 e. The van der Waals surface area contributed by atoms with E-state index in [9.17, 15) is 4.79 Å². The first-order chi connectivity index (χ1) is 9.08. The number of nitrogens with one attached hydrogen (secondary N) is 1. The minimum absolute atomic E-state index is 0.207. The molecule has 2 aromatic heterocycles. The fraction of sp³-hybridized carbons (Fsp3) is 0.154. The number of halogens is 1. The zero-order valence-electron chi connectivity index (χ0n) is 10.6. The quantitative estimate of drug-likeness (QED) is 0.883. The maximum absolute atomic E-state index is 12.2. The molecule has 0 saturated carbocycles. The van der Waals surface area contributed by atoms with Crippen molar-refractivity contribution >= 4 is 33.3 Å². The molecule has 0 aromatic carbocycles. The van der Waals surface area contributed by atoms with Gasteiger partial charge >= 0.3 is 0 Å². The fourth-order valence-corrected chi connectivity index (χ4v) is 1.81. The Bertz CT molecular complexity index is 583. The summed E-state index contributed by atoms with van der Waals surface area (Å²) in [6.45, 7) is 0. The Hall–Kier alpha value is -1.95. The van der Waals surface area contributed by atoms with Crippen molar-refractivity contribution in [1.82, 2.24) is 9.97 Å². The molecule has 0 saturated heterocycles. The Balaban J connectivity index is 2.23. The highest BCUT2D eigenvalue weighted by Crippen LogP contribution is 2.17. The lowest BCUT2D eigenvalue weighted by atomic mass is 10.2. The van der Waals surface area contributed by atoms with Crippen LogP contribution in [0.2, 0.25) is 0 Å². The van der Waals surface area contributed by atoms with Gasteiger partial charge in [0.05, 0.1) is 17.4 Å². The van der Waals surface area contributed by atoms with Crippen molar-refractivity contribution < 1.29 is 4.79 Å². The van der Waals surface area contributed by atoms with Crippen LogP contribution in [0.5, 0.6) is 0 Å². The van der Waals surface area contributed by atoms with Gasteiger partial charge in [0.2, 0.25) is 0 Å². The van der Waals surface area contributed by atoms with Crippen molar-refractivity contribution in [1.29, 1.82) is 0 Å². The summed E-state index contributed by atoms with van der Waals surface area (Å²) in [5, 5.41) is 2.79. The number of pyridine rings is 2. The highest BCUT2D eigenvalue weighted by Gasteiger charge is 2.13. The first-order valence-electron chi connectivity index (χ1n) is 5.63. The lowest BCUT2D eigenvalue weighted by molar-refractivity contribution is 0.102. The van der Waals surface area contributed by atoms with Crippen molar-refractivity contribution in [3.8, 4) is 0 Å². The smallest absolute Gasteiger partial charge is 0.259 e. The lowest BCUT2D eigenvalue weighted by Gasteiger charge is -2.15. The Labute approximate surface area is 119 Å². The van der Waals surface area contributed by atoms with E-state index >= 15 is 0 Å². The third-order valence-corrected chi connectivity index (χ3v) is 2.91. The summed E-state index contributed by atoms with van der Waals surface area (Å²) in [4.78, 5) is 22.3. The van der Waals surface area contributed by atoms with E-state index in [1.807, 2.05) is 14.1 Å². The number of hydrogen-bond acceptors (Lipinski definition) is 4. The monoisotopic (exact) mass is 320 g/mol. The number of rotatable bonds is 3. The van der Waals surface area contributed by atoms with Crippen molar-refractivity contribution in [3.05, 3.63) is 46.8 Å². The number of aromatic nitrogens is 2. The van der Waals surface area contributed by atoms with Gasteiger partial charge in [0.1, 0.15) is 10.4 Å². The second kappa shape index (κ2) is 5.79. The molecule has 0 radical (unpaired) electrons. The molecule has 0 aliphatic heterocycles. The predicted octanol–water partition coefficient (Wildman–Crippen LogP) is 2.56. The molecule has 6 heteroatoms. The van der Waals surface area contributed by atoms with Gasteiger partial charge < -0.3 is 10.2 Å². The van der Waals surface area contributed by atoms with Crippen molar-refractivity contribution in [3.63, 3.8) is 0 Å². The van der Waals surface area contributed by atoms with E-state index in [1.165, 1.54) is 0 Å². The average molecular weight is 321 g/mol. The molecular formula is C13H13BrN4O. The first-order valence-corrected chi connectivity index (χ1v) is 6.42. The first kappa shape index (κ1) is 13.5. The molecule has 0 aliphatic carbocycles. The SMILES string of the molecule is CN(C)c1ncccc1C(=O)Nc1ccc(Br)nc1. The van der Waals surface area contributed by atoms with E-state index < -0.39 is 0 Å². The Morgan fingerprint density at radius 3 is 2.68 bits per heavy atom. The van der Waals surface area contributed by atoms with Crippen molar-refractivity contribution in [2.75, 3.05) is 24.3 Å². The van der Waals surface area contributed by atoms with Gasteiger partial charge in [-0.2, -0.15) is 0 Å². The highest BCUT2D eigenvalue weighted by atomic mass is 79.9. The van der Waals surface area contributed by atoms with Crippen LogP contribution in [0.4, 0.5) is 11.5 Å². The van der Waals surface area contributed by atoms with Gasteiger partial charge in [0.25, 0.3) is 5.91 Å². The molecule has 0 spiro atoms. The highest BCUT2D eigenvalue weighted by molar-refractivity contribution is 9.10. The number of hydrogen-bond donors (Lipinski definition) is 1. The maximum Gasteiger partial charge on any atom is 0.259 e. The summed E-state index contributed by atoms with van der Waals surface area (Å²) >= 11 is 3.25. The standard InChI is InChI=1S/C13H13BrN4O/c1-18(2)12-10(4-3-7-15-12)13(19)17-9-5-6-11(14)16-8-9/h3-8H,1-2H3,(H,17,19). The fourth-order valence-electron chi connectivity index (χ4n) is 1.58. The molecule has 19 heavy (non-hydrogen) atoms. The molecule has 2 heterocycles. The minimum atomic E-state index is -0.207. The van der Waals surface area contributed by atoms with Crippen LogP contribution in [-0.4, -0.2) is 30.0 Å². The van der Waals surface area contributed by atoms with Crippen LogP contribution >= 0.6 is 15.9 Å². The number of carbonyl (C=O) groups is 1. The van der Waals surface area contributed by atoms with Gasteiger partial charge in [0, 0.05) is 20.3 Å². The molecule has 1 N–H and O–H groups in total. The number of amides is 1. The van der Waals surface area contributed by atoms with Crippen LogP contribution in [0.25, 0.3) is 0 Å². The van der Waals surface area contributed by atoms with Crippen molar-refractivity contribution in [2.45, 2.75) is 0 Å². The van der Waals surface area contributed by atoms with Gasteiger partial charge in [-0.1, -0.05) is 0 Å². The van der Waals surface area contributed by atoms with E-state index in [-0.39, 0.29) is 5.91 Å². The van der Waals surface area contributed by atoms with Crippen LogP contribution in [0, 0.1) is 0 Å². The van der Waals surface area contributed by atoms with Crippen LogP contribution in [0.3, 0.4) is 0 Å². The van der Waals surface area contributed by atoms with Gasteiger partial charge in [-0.3, -0.25) is 4.79 Å². The molecule has 0 bridgehead atoms. The molecule has 2 aromatic rings. The van der Waals surface area contributed by atoms with E-state index in [0.29, 0.717) is 17.1 Å². The zero-order valence-corrected chi connectivity index (χ0v) is 12.2. The topological polar surface area (TPSA) is 58.1 Å². The summed E-state index contributed by atoms with van der Waals surface area (Å²) in [7, 11) is 3.70.